The van der Waals surface area contributed by atoms with E-state index in [0.717, 1.165) is 11.1 Å². The number of nitrogens with one attached hydrogen (secondary N) is 2. The second kappa shape index (κ2) is 8.69. The van der Waals surface area contributed by atoms with Crippen LogP contribution in [0.25, 0.3) is 0 Å². The molecular weight excluding hydrogens is 356 g/mol. The molecule has 0 saturated heterocycles. The fourth-order valence-corrected chi connectivity index (χ4v) is 2.97. The van der Waals surface area contributed by atoms with Gasteiger partial charge < -0.3 is 15.7 Å². The van der Waals surface area contributed by atoms with E-state index in [4.69, 9.17) is 0 Å². The number of rotatable bonds is 6. The van der Waals surface area contributed by atoms with Crippen LogP contribution in [-0.2, 0) is 4.79 Å². The Kier molecular flexibility index (Phi) is 6.57. The number of aromatic carboxylic acids is 1. The van der Waals surface area contributed by atoms with Gasteiger partial charge in [-0.3, -0.25) is 9.59 Å². The number of aryl methyl sites for hydroxylation is 3. The Balaban J connectivity index is 2.23. The maximum Gasteiger partial charge on any atom is 0.336 e. The minimum absolute atomic E-state index is 0.130. The van der Waals surface area contributed by atoms with Crippen molar-refractivity contribution in [2.24, 2.45) is 5.92 Å². The van der Waals surface area contributed by atoms with Crippen LogP contribution in [0.2, 0.25) is 0 Å². The highest BCUT2D eigenvalue weighted by Crippen LogP contribution is 2.21. The molecule has 6 nitrogen and oxygen atoms in total. The van der Waals surface area contributed by atoms with Gasteiger partial charge in [0.15, 0.2) is 0 Å². The van der Waals surface area contributed by atoms with Gasteiger partial charge in [-0.15, -0.1) is 0 Å². The van der Waals surface area contributed by atoms with Gasteiger partial charge in [0, 0.05) is 11.3 Å². The highest BCUT2D eigenvalue weighted by atomic mass is 16.4. The van der Waals surface area contributed by atoms with E-state index in [9.17, 15) is 19.5 Å². The van der Waals surface area contributed by atoms with Crippen molar-refractivity contribution in [3.63, 3.8) is 0 Å². The van der Waals surface area contributed by atoms with Crippen LogP contribution < -0.4 is 10.6 Å². The lowest BCUT2D eigenvalue weighted by molar-refractivity contribution is -0.118. The number of anilines is 1. The molecule has 2 rings (SSSR count). The molecule has 148 valence electrons. The number of hydrogen-bond acceptors (Lipinski definition) is 3. The molecule has 0 aliphatic carbocycles. The minimum Gasteiger partial charge on any atom is -0.478 e. The lowest BCUT2D eigenvalue weighted by Crippen LogP contribution is -2.47. The molecule has 0 radical (unpaired) electrons. The summed E-state index contributed by atoms with van der Waals surface area (Å²) in [5.74, 6) is -1.93. The topological polar surface area (TPSA) is 95.5 Å². The molecule has 6 heteroatoms. The predicted molar refractivity (Wildman–Crippen MR) is 109 cm³/mol. The van der Waals surface area contributed by atoms with Crippen LogP contribution in [0.4, 0.5) is 5.69 Å². The standard InChI is InChI=1S/C22H26N2O4/c1-12(2)19(24-20(25)16-8-6-7-13(3)9-16)21(26)23-18-11-17(22(27)28)14(4)10-15(18)5/h6-12,19H,1-5H3,(H,23,26)(H,24,25)(H,27,28). The third kappa shape index (κ3) is 4.97. The highest BCUT2D eigenvalue weighted by molar-refractivity contribution is 6.02. The van der Waals surface area contributed by atoms with Crippen LogP contribution in [0.5, 0.6) is 0 Å². The monoisotopic (exact) mass is 382 g/mol. The molecular formula is C22H26N2O4. The van der Waals surface area contributed by atoms with E-state index in [1.165, 1.54) is 6.07 Å². The van der Waals surface area contributed by atoms with Crippen molar-refractivity contribution in [3.05, 3.63) is 64.2 Å². The minimum atomic E-state index is -1.05. The van der Waals surface area contributed by atoms with E-state index in [0.29, 0.717) is 16.8 Å². The molecule has 1 atom stereocenters. The number of carboxylic acids is 1. The van der Waals surface area contributed by atoms with Gasteiger partial charge in [0.05, 0.1) is 5.56 Å². The molecule has 0 aliphatic heterocycles. The van der Waals surface area contributed by atoms with Gasteiger partial charge >= 0.3 is 5.97 Å². The second-order valence-corrected chi connectivity index (χ2v) is 7.34. The molecule has 0 bridgehead atoms. The Hall–Kier alpha value is -3.15. The Morgan fingerprint density at radius 3 is 2.21 bits per heavy atom. The summed E-state index contributed by atoms with van der Waals surface area (Å²) in [6.45, 7) is 9.07. The molecule has 3 N–H and O–H groups in total. The number of benzene rings is 2. The zero-order valence-corrected chi connectivity index (χ0v) is 16.8. The van der Waals surface area contributed by atoms with Crippen molar-refractivity contribution in [2.75, 3.05) is 5.32 Å². The molecule has 0 heterocycles. The number of carbonyl (C=O) groups excluding carboxylic acids is 2. The number of carbonyl (C=O) groups is 3. The molecule has 1 unspecified atom stereocenters. The van der Waals surface area contributed by atoms with Crippen molar-refractivity contribution in [3.8, 4) is 0 Å². The molecule has 0 aromatic heterocycles. The first-order valence-corrected chi connectivity index (χ1v) is 9.13. The van der Waals surface area contributed by atoms with E-state index < -0.39 is 12.0 Å². The van der Waals surface area contributed by atoms with Gasteiger partial charge in [0.25, 0.3) is 5.91 Å². The fraction of sp³-hybridized carbons (Fsp3) is 0.318. The third-order valence-electron chi connectivity index (χ3n) is 4.58. The number of hydrogen-bond donors (Lipinski definition) is 3. The maximum absolute atomic E-state index is 12.8. The fourth-order valence-electron chi connectivity index (χ4n) is 2.97. The summed E-state index contributed by atoms with van der Waals surface area (Å²) in [6, 6.07) is 9.54. The maximum atomic E-state index is 12.8. The van der Waals surface area contributed by atoms with Crippen LogP contribution in [0.15, 0.2) is 36.4 Å². The Bertz CT molecular complexity index is 919. The first-order valence-electron chi connectivity index (χ1n) is 9.13. The summed E-state index contributed by atoms with van der Waals surface area (Å²) in [6.07, 6.45) is 0. The van der Waals surface area contributed by atoms with Gasteiger partial charge in [-0.2, -0.15) is 0 Å². The Labute approximate surface area is 165 Å². The van der Waals surface area contributed by atoms with E-state index in [2.05, 4.69) is 10.6 Å². The van der Waals surface area contributed by atoms with Crippen LogP contribution in [0.3, 0.4) is 0 Å². The first kappa shape index (κ1) is 21.2. The lowest BCUT2D eigenvalue weighted by Gasteiger charge is -2.22. The summed E-state index contributed by atoms with van der Waals surface area (Å²) in [4.78, 5) is 36.8. The molecule has 28 heavy (non-hydrogen) atoms. The molecule has 2 amide bonds. The van der Waals surface area contributed by atoms with Gasteiger partial charge in [-0.05, 0) is 56.0 Å². The smallest absolute Gasteiger partial charge is 0.336 e. The van der Waals surface area contributed by atoms with E-state index in [-0.39, 0.29) is 23.3 Å². The van der Waals surface area contributed by atoms with Gasteiger partial charge in [0.1, 0.15) is 6.04 Å². The summed E-state index contributed by atoms with van der Waals surface area (Å²) >= 11 is 0. The zero-order chi connectivity index (χ0) is 21.0. The van der Waals surface area contributed by atoms with Crippen LogP contribution in [-0.4, -0.2) is 28.9 Å². The summed E-state index contributed by atoms with van der Waals surface area (Å²) in [7, 11) is 0. The van der Waals surface area contributed by atoms with Crippen LogP contribution in [0.1, 0.15) is 51.3 Å². The Morgan fingerprint density at radius 2 is 1.64 bits per heavy atom. The van der Waals surface area contributed by atoms with Gasteiger partial charge in [-0.1, -0.05) is 37.6 Å². The molecule has 0 saturated carbocycles. The normalized spacial score (nSPS) is 11.8. The lowest BCUT2D eigenvalue weighted by atomic mass is 10.0. The van der Waals surface area contributed by atoms with E-state index >= 15 is 0 Å². The van der Waals surface area contributed by atoms with Gasteiger partial charge in [0.2, 0.25) is 5.91 Å². The SMILES string of the molecule is Cc1cccc(C(=O)NC(C(=O)Nc2cc(C(=O)O)c(C)cc2C)C(C)C)c1. The molecule has 0 fully saturated rings. The predicted octanol–water partition coefficient (Wildman–Crippen LogP) is 3.70. The molecule has 2 aromatic rings. The summed E-state index contributed by atoms with van der Waals surface area (Å²) in [5.41, 5.74) is 3.36. The summed E-state index contributed by atoms with van der Waals surface area (Å²) in [5, 5.41) is 14.9. The number of amides is 2. The van der Waals surface area contributed by atoms with Crippen molar-refractivity contribution < 1.29 is 19.5 Å². The molecule has 0 spiro atoms. The zero-order valence-electron chi connectivity index (χ0n) is 16.8. The summed E-state index contributed by atoms with van der Waals surface area (Å²) < 4.78 is 0. The van der Waals surface area contributed by atoms with Crippen LogP contribution >= 0.6 is 0 Å². The van der Waals surface area contributed by atoms with Crippen molar-refractivity contribution in [1.82, 2.24) is 5.32 Å². The quantitative estimate of drug-likeness (QED) is 0.710. The highest BCUT2D eigenvalue weighted by Gasteiger charge is 2.25. The van der Waals surface area contributed by atoms with Gasteiger partial charge in [-0.25, -0.2) is 4.79 Å². The largest absolute Gasteiger partial charge is 0.478 e. The van der Waals surface area contributed by atoms with E-state index in [1.54, 1.807) is 38.1 Å². The van der Waals surface area contributed by atoms with Crippen molar-refractivity contribution >= 4 is 23.5 Å². The molecule has 2 aromatic carbocycles. The average Bonchev–Trinajstić information content (AvgIpc) is 2.60. The number of carboxylic acid groups (broad SMARTS) is 1. The first-order chi connectivity index (χ1) is 13.1. The van der Waals surface area contributed by atoms with Crippen molar-refractivity contribution in [1.29, 1.82) is 0 Å². The third-order valence-corrected chi connectivity index (χ3v) is 4.58. The Morgan fingerprint density at radius 1 is 0.964 bits per heavy atom. The molecule has 0 aliphatic rings. The van der Waals surface area contributed by atoms with E-state index in [1.807, 2.05) is 26.8 Å². The second-order valence-electron chi connectivity index (χ2n) is 7.34. The average molecular weight is 382 g/mol. The van der Waals surface area contributed by atoms with Crippen molar-refractivity contribution in [2.45, 2.75) is 40.7 Å². The van der Waals surface area contributed by atoms with Crippen LogP contribution in [0, 0.1) is 26.7 Å².